The van der Waals surface area contributed by atoms with Crippen LogP contribution in [0.15, 0.2) is 35.2 Å². The molecule has 0 spiro atoms. The highest BCUT2D eigenvalue weighted by molar-refractivity contribution is 5.40. The Morgan fingerprint density at radius 3 is 2.73 bits per heavy atom. The van der Waals surface area contributed by atoms with Gasteiger partial charge in [-0.1, -0.05) is 6.58 Å². The average molecular weight is 313 g/mol. The standard InChI is InChI=1S/C14H17F2N3O3/c1-9(7-17)6-10(2)13(11(3)19(20)21)18-12-4-5-22-8-14(12,15)16/h6,12,18H,1,4-5,8H2,2-3H3/b10-6+,13-11-. The Labute approximate surface area is 126 Å². The highest BCUT2D eigenvalue weighted by Gasteiger charge is 2.43. The van der Waals surface area contributed by atoms with E-state index in [1.807, 2.05) is 0 Å². The molecule has 1 atom stereocenters. The van der Waals surface area contributed by atoms with Gasteiger partial charge < -0.3 is 10.1 Å². The van der Waals surface area contributed by atoms with E-state index in [4.69, 9.17) is 10.00 Å². The van der Waals surface area contributed by atoms with Crippen molar-refractivity contribution in [3.05, 3.63) is 45.3 Å². The third-order valence-corrected chi connectivity index (χ3v) is 3.24. The van der Waals surface area contributed by atoms with E-state index in [-0.39, 0.29) is 30.0 Å². The lowest BCUT2D eigenvalue weighted by atomic mass is 10.0. The zero-order valence-corrected chi connectivity index (χ0v) is 12.4. The molecule has 1 fully saturated rings. The van der Waals surface area contributed by atoms with Crippen LogP contribution in [0, 0.1) is 21.4 Å². The Hall–Kier alpha value is -2.27. The number of hydrogen-bond donors (Lipinski definition) is 1. The molecule has 0 radical (unpaired) electrons. The Morgan fingerprint density at radius 2 is 2.23 bits per heavy atom. The minimum atomic E-state index is -3.13. The summed E-state index contributed by atoms with van der Waals surface area (Å²) in [7, 11) is 0. The lowest BCUT2D eigenvalue weighted by Crippen LogP contribution is -2.51. The molecule has 1 aliphatic rings. The van der Waals surface area contributed by atoms with Crippen molar-refractivity contribution in [3.8, 4) is 6.07 Å². The fraction of sp³-hybridized carbons (Fsp3) is 0.500. The van der Waals surface area contributed by atoms with Gasteiger partial charge in [-0.15, -0.1) is 0 Å². The van der Waals surface area contributed by atoms with Crippen molar-refractivity contribution in [1.82, 2.24) is 5.32 Å². The van der Waals surface area contributed by atoms with Crippen LogP contribution in [0.25, 0.3) is 0 Å². The number of nitriles is 1. The number of nitro groups is 1. The van der Waals surface area contributed by atoms with Gasteiger partial charge in [-0.3, -0.25) is 10.1 Å². The van der Waals surface area contributed by atoms with E-state index in [9.17, 15) is 18.9 Å². The molecule has 22 heavy (non-hydrogen) atoms. The summed E-state index contributed by atoms with van der Waals surface area (Å²) in [6, 6.07) is 0.506. The SMILES string of the molecule is C=C(C#N)/C=C(C)/C(NC1CCOCC1(F)F)=C(\C)[N+](=O)[O-]. The van der Waals surface area contributed by atoms with Crippen LogP contribution in [0.1, 0.15) is 20.3 Å². The maximum absolute atomic E-state index is 13.8. The summed E-state index contributed by atoms with van der Waals surface area (Å²) in [4.78, 5) is 10.3. The summed E-state index contributed by atoms with van der Waals surface area (Å²) in [6.07, 6.45) is 1.33. The highest BCUT2D eigenvalue weighted by atomic mass is 19.3. The molecule has 0 aromatic carbocycles. The molecule has 8 heteroatoms. The number of nitrogens with zero attached hydrogens (tertiary/aromatic N) is 2. The van der Waals surface area contributed by atoms with E-state index in [2.05, 4.69) is 11.9 Å². The first-order valence-electron chi connectivity index (χ1n) is 6.54. The number of nitrogens with one attached hydrogen (secondary N) is 1. The number of ether oxygens (including phenoxy) is 1. The van der Waals surface area contributed by atoms with Gasteiger partial charge in [0.25, 0.3) is 11.6 Å². The minimum Gasteiger partial charge on any atom is -0.375 e. The minimum absolute atomic E-state index is 0.0218. The Balaban J connectivity index is 3.16. The summed E-state index contributed by atoms with van der Waals surface area (Å²) < 4.78 is 32.4. The first kappa shape index (κ1) is 17.8. The second-order valence-electron chi connectivity index (χ2n) is 4.98. The maximum Gasteiger partial charge on any atom is 0.290 e. The number of halogens is 2. The monoisotopic (exact) mass is 313 g/mol. The molecule has 0 aliphatic carbocycles. The Bertz CT molecular complexity index is 576. The van der Waals surface area contributed by atoms with Crippen molar-refractivity contribution in [3.63, 3.8) is 0 Å². The Morgan fingerprint density at radius 1 is 1.59 bits per heavy atom. The molecule has 0 aromatic heterocycles. The number of alkyl halides is 2. The van der Waals surface area contributed by atoms with Gasteiger partial charge in [0, 0.05) is 19.1 Å². The van der Waals surface area contributed by atoms with Crippen molar-refractivity contribution in [2.45, 2.75) is 32.2 Å². The summed E-state index contributed by atoms with van der Waals surface area (Å²) in [6.45, 7) is 5.57. The van der Waals surface area contributed by atoms with Crippen molar-refractivity contribution in [2.75, 3.05) is 13.2 Å². The molecule has 0 aromatic rings. The molecule has 0 bridgehead atoms. The molecule has 1 unspecified atom stereocenters. The van der Waals surface area contributed by atoms with Gasteiger partial charge in [0.05, 0.1) is 17.0 Å². The second kappa shape index (κ2) is 7.13. The molecule has 1 heterocycles. The lowest BCUT2D eigenvalue weighted by Gasteiger charge is -2.33. The first-order chi connectivity index (χ1) is 10.2. The van der Waals surface area contributed by atoms with E-state index < -0.39 is 23.5 Å². The average Bonchev–Trinajstić information content (AvgIpc) is 2.44. The molecule has 1 aliphatic heterocycles. The van der Waals surface area contributed by atoms with Crippen LogP contribution >= 0.6 is 0 Å². The fourth-order valence-corrected chi connectivity index (χ4v) is 2.03. The smallest absolute Gasteiger partial charge is 0.290 e. The van der Waals surface area contributed by atoms with E-state index >= 15 is 0 Å². The van der Waals surface area contributed by atoms with Crippen LogP contribution < -0.4 is 5.32 Å². The summed E-state index contributed by atoms with van der Waals surface area (Å²) >= 11 is 0. The molecular formula is C14H17F2N3O3. The quantitative estimate of drug-likeness (QED) is 0.365. The van der Waals surface area contributed by atoms with E-state index in [0.29, 0.717) is 5.57 Å². The van der Waals surface area contributed by atoms with Gasteiger partial charge in [-0.25, -0.2) is 8.78 Å². The van der Waals surface area contributed by atoms with Gasteiger partial charge in [0.15, 0.2) is 0 Å². The van der Waals surface area contributed by atoms with E-state index in [0.717, 1.165) is 0 Å². The van der Waals surface area contributed by atoms with Gasteiger partial charge in [-0.05, 0) is 25.0 Å². The molecule has 120 valence electrons. The topological polar surface area (TPSA) is 88.2 Å². The van der Waals surface area contributed by atoms with Crippen molar-refractivity contribution >= 4 is 0 Å². The number of rotatable bonds is 5. The third-order valence-electron chi connectivity index (χ3n) is 3.24. The molecule has 1 saturated heterocycles. The zero-order chi connectivity index (χ0) is 16.9. The van der Waals surface area contributed by atoms with Crippen LogP contribution in [-0.2, 0) is 4.74 Å². The van der Waals surface area contributed by atoms with Crippen LogP contribution in [0.4, 0.5) is 8.78 Å². The largest absolute Gasteiger partial charge is 0.375 e. The van der Waals surface area contributed by atoms with Crippen LogP contribution in [-0.4, -0.2) is 30.1 Å². The van der Waals surface area contributed by atoms with Crippen molar-refractivity contribution in [1.29, 1.82) is 5.26 Å². The summed E-state index contributed by atoms with van der Waals surface area (Å²) in [5.41, 5.74) is 0.0319. The van der Waals surface area contributed by atoms with Crippen LogP contribution in [0.2, 0.25) is 0 Å². The molecule has 0 amide bonds. The predicted molar refractivity (Wildman–Crippen MR) is 75.5 cm³/mol. The van der Waals surface area contributed by atoms with Crippen molar-refractivity contribution < 1.29 is 18.4 Å². The lowest BCUT2D eigenvalue weighted by molar-refractivity contribution is -0.425. The highest BCUT2D eigenvalue weighted by Crippen LogP contribution is 2.28. The van der Waals surface area contributed by atoms with Crippen molar-refractivity contribution in [2.24, 2.45) is 0 Å². The first-order valence-corrected chi connectivity index (χ1v) is 6.54. The second-order valence-corrected chi connectivity index (χ2v) is 4.98. The predicted octanol–water partition coefficient (Wildman–Crippen LogP) is 2.53. The van der Waals surface area contributed by atoms with E-state index in [1.165, 1.54) is 19.9 Å². The zero-order valence-electron chi connectivity index (χ0n) is 12.4. The summed E-state index contributed by atoms with van der Waals surface area (Å²) in [5.74, 6) is -3.13. The van der Waals surface area contributed by atoms with E-state index in [1.54, 1.807) is 6.07 Å². The van der Waals surface area contributed by atoms with Gasteiger partial charge in [0.1, 0.15) is 12.3 Å². The molecule has 0 saturated carbocycles. The molecular weight excluding hydrogens is 296 g/mol. The van der Waals surface area contributed by atoms with Gasteiger partial charge in [0.2, 0.25) is 0 Å². The fourth-order valence-electron chi connectivity index (χ4n) is 2.03. The normalized spacial score (nSPS) is 22.3. The van der Waals surface area contributed by atoms with Crippen LogP contribution in [0.5, 0.6) is 0 Å². The number of allylic oxidation sites excluding steroid dienone is 4. The third kappa shape index (κ3) is 4.36. The summed E-state index contributed by atoms with van der Waals surface area (Å²) in [5, 5.41) is 22.2. The Kier molecular flexibility index (Phi) is 5.77. The van der Waals surface area contributed by atoms with Gasteiger partial charge in [-0.2, -0.15) is 5.26 Å². The molecule has 1 N–H and O–H groups in total. The maximum atomic E-state index is 13.8. The van der Waals surface area contributed by atoms with Gasteiger partial charge >= 0.3 is 0 Å². The molecule has 6 nitrogen and oxygen atoms in total. The molecule has 1 rings (SSSR count). The van der Waals surface area contributed by atoms with Crippen LogP contribution in [0.3, 0.4) is 0 Å². The number of hydrogen-bond acceptors (Lipinski definition) is 5.